The second-order valence-corrected chi connectivity index (χ2v) is 6.49. The van der Waals surface area contributed by atoms with Gasteiger partial charge in [-0.2, -0.15) is 0 Å². The van der Waals surface area contributed by atoms with Crippen molar-refractivity contribution in [3.8, 4) is 0 Å². The zero-order valence-electron chi connectivity index (χ0n) is 14.5. The zero-order valence-corrected chi connectivity index (χ0v) is 14.5. The lowest BCUT2D eigenvalue weighted by molar-refractivity contribution is 0.199. The highest BCUT2D eigenvalue weighted by Gasteiger charge is 2.22. The third kappa shape index (κ3) is 4.50. The number of piperidine rings is 1. The number of hydrogen-bond donors (Lipinski definition) is 1. The largest absolute Gasteiger partial charge is 0.371 e. The monoisotopic (exact) mass is 341 g/mol. The lowest BCUT2D eigenvalue weighted by Crippen LogP contribution is -2.48. The summed E-state index contributed by atoms with van der Waals surface area (Å²) in [5, 5.41) is 3.07. The van der Waals surface area contributed by atoms with Gasteiger partial charge in [0.2, 0.25) is 0 Å². The second-order valence-electron chi connectivity index (χ2n) is 6.49. The van der Waals surface area contributed by atoms with Crippen molar-refractivity contribution in [3.05, 3.63) is 66.0 Å². The standard InChI is InChI=1S/C20H24FN3O/c1-23(15-16-7-5-6-10-19(16)21)20(25)22-17-11-13-24(14-12-17)18-8-3-2-4-9-18/h2-10,17H,11-15H2,1H3,(H,22,25). The van der Waals surface area contributed by atoms with E-state index in [1.165, 1.54) is 16.7 Å². The molecule has 1 N–H and O–H groups in total. The van der Waals surface area contributed by atoms with Gasteiger partial charge in [0.15, 0.2) is 0 Å². The summed E-state index contributed by atoms with van der Waals surface area (Å²) in [6.07, 6.45) is 1.82. The zero-order chi connectivity index (χ0) is 17.6. The highest BCUT2D eigenvalue weighted by molar-refractivity contribution is 5.74. The first-order chi connectivity index (χ1) is 12.1. The van der Waals surface area contributed by atoms with Gasteiger partial charge in [-0.25, -0.2) is 9.18 Å². The molecule has 1 fully saturated rings. The van der Waals surface area contributed by atoms with Gasteiger partial charge in [0.25, 0.3) is 0 Å². The molecule has 0 atom stereocenters. The predicted molar refractivity (Wildman–Crippen MR) is 98.1 cm³/mol. The molecule has 2 aromatic rings. The summed E-state index contributed by atoms with van der Waals surface area (Å²) in [4.78, 5) is 16.2. The number of rotatable bonds is 4. The Morgan fingerprint density at radius 3 is 2.44 bits per heavy atom. The van der Waals surface area contributed by atoms with E-state index in [9.17, 15) is 9.18 Å². The molecule has 1 saturated heterocycles. The van der Waals surface area contributed by atoms with Crippen LogP contribution in [-0.2, 0) is 6.54 Å². The van der Waals surface area contributed by atoms with E-state index in [1.54, 1.807) is 25.2 Å². The number of para-hydroxylation sites is 1. The Labute approximate surface area is 148 Å². The topological polar surface area (TPSA) is 35.6 Å². The molecule has 0 radical (unpaired) electrons. The van der Waals surface area contributed by atoms with Crippen molar-refractivity contribution in [3.63, 3.8) is 0 Å². The molecule has 0 aliphatic carbocycles. The van der Waals surface area contributed by atoms with Gasteiger partial charge < -0.3 is 15.1 Å². The van der Waals surface area contributed by atoms with E-state index in [-0.39, 0.29) is 24.4 Å². The number of nitrogens with zero attached hydrogens (tertiary/aromatic N) is 2. The van der Waals surface area contributed by atoms with Gasteiger partial charge in [-0.3, -0.25) is 0 Å². The first kappa shape index (κ1) is 17.3. The van der Waals surface area contributed by atoms with Gasteiger partial charge in [0.05, 0.1) is 0 Å². The van der Waals surface area contributed by atoms with Crippen LogP contribution in [0.2, 0.25) is 0 Å². The van der Waals surface area contributed by atoms with Crippen molar-refractivity contribution in [1.82, 2.24) is 10.2 Å². The first-order valence-electron chi connectivity index (χ1n) is 8.68. The van der Waals surface area contributed by atoms with Crippen LogP contribution in [0, 0.1) is 5.82 Å². The Kier molecular flexibility index (Phi) is 5.53. The maximum Gasteiger partial charge on any atom is 0.317 e. The molecule has 5 heteroatoms. The van der Waals surface area contributed by atoms with Crippen LogP contribution in [0.1, 0.15) is 18.4 Å². The number of amides is 2. The molecule has 0 spiro atoms. The van der Waals surface area contributed by atoms with E-state index in [4.69, 9.17) is 0 Å². The number of urea groups is 1. The number of benzene rings is 2. The highest BCUT2D eigenvalue weighted by Crippen LogP contribution is 2.19. The minimum atomic E-state index is -0.279. The van der Waals surface area contributed by atoms with Crippen molar-refractivity contribution in [1.29, 1.82) is 0 Å². The van der Waals surface area contributed by atoms with Crippen LogP contribution >= 0.6 is 0 Å². The van der Waals surface area contributed by atoms with Crippen LogP contribution in [0.25, 0.3) is 0 Å². The maximum absolute atomic E-state index is 13.7. The third-order valence-corrected chi connectivity index (χ3v) is 4.66. The Balaban J connectivity index is 1.48. The molecule has 25 heavy (non-hydrogen) atoms. The van der Waals surface area contributed by atoms with Gasteiger partial charge >= 0.3 is 6.03 Å². The molecule has 1 aliphatic rings. The minimum absolute atomic E-state index is 0.151. The van der Waals surface area contributed by atoms with E-state index in [0.29, 0.717) is 5.56 Å². The molecular weight excluding hydrogens is 317 g/mol. The molecule has 132 valence electrons. The molecule has 0 unspecified atom stereocenters. The smallest absolute Gasteiger partial charge is 0.317 e. The number of carbonyl (C=O) groups excluding carboxylic acids is 1. The molecule has 0 bridgehead atoms. The number of carbonyl (C=O) groups is 1. The Hall–Kier alpha value is -2.56. The predicted octanol–water partition coefficient (Wildman–Crippen LogP) is 3.64. The van der Waals surface area contributed by atoms with Crippen LogP contribution in [0.15, 0.2) is 54.6 Å². The average Bonchev–Trinajstić information content (AvgIpc) is 2.65. The lowest BCUT2D eigenvalue weighted by atomic mass is 10.0. The van der Waals surface area contributed by atoms with E-state index >= 15 is 0 Å². The van der Waals surface area contributed by atoms with Crippen molar-refractivity contribution in [2.45, 2.75) is 25.4 Å². The van der Waals surface area contributed by atoms with Crippen LogP contribution in [0.5, 0.6) is 0 Å². The summed E-state index contributed by atoms with van der Waals surface area (Å²) in [6, 6.07) is 16.9. The molecule has 0 aromatic heterocycles. The molecular formula is C20H24FN3O. The summed E-state index contributed by atoms with van der Waals surface area (Å²) < 4.78 is 13.7. The van der Waals surface area contributed by atoms with Crippen LogP contribution in [0.3, 0.4) is 0 Å². The van der Waals surface area contributed by atoms with E-state index < -0.39 is 0 Å². The van der Waals surface area contributed by atoms with Crippen LogP contribution in [-0.4, -0.2) is 37.1 Å². The van der Waals surface area contributed by atoms with Crippen molar-refractivity contribution < 1.29 is 9.18 Å². The maximum atomic E-state index is 13.7. The molecule has 1 heterocycles. The summed E-state index contributed by atoms with van der Waals surface area (Å²) >= 11 is 0. The third-order valence-electron chi connectivity index (χ3n) is 4.66. The van der Waals surface area contributed by atoms with Gasteiger partial charge in [0, 0.05) is 44.0 Å². The summed E-state index contributed by atoms with van der Waals surface area (Å²) in [5.74, 6) is -0.279. The van der Waals surface area contributed by atoms with Gasteiger partial charge in [-0.05, 0) is 31.0 Å². The van der Waals surface area contributed by atoms with E-state index in [0.717, 1.165) is 25.9 Å². The fraction of sp³-hybridized carbons (Fsp3) is 0.350. The van der Waals surface area contributed by atoms with Crippen molar-refractivity contribution in [2.24, 2.45) is 0 Å². The summed E-state index contributed by atoms with van der Waals surface area (Å²) in [6.45, 7) is 2.11. The normalized spacial score (nSPS) is 15.0. The minimum Gasteiger partial charge on any atom is -0.371 e. The lowest BCUT2D eigenvalue weighted by Gasteiger charge is -2.34. The Morgan fingerprint density at radius 2 is 1.76 bits per heavy atom. The van der Waals surface area contributed by atoms with Gasteiger partial charge in [-0.15, -0.1) is 0 Å². The number of anilines is 1. The molecule has 0 saturated carbocycles. The van der Waals surface area contributed by atoms with Crippen LogP contribution < -0.4 is 10.2 Å². The fourth-order valence-electron chi connectivity index (χ4n) is 3.16. The molecule has 4 nitrogen and oxygen atoms in total. The first-order valence-corrected chi connectivity index (χ1v) is 8.68. The van der Waals surface area contributed by atoms with Crippen molar-refractivity contribution >= 4 is 11.7 Å². The molecule has 2 amide bonds. The van der Waals surface area contributed by atoms with Crippen molar-refractivity contribution in [2.75, 3.05) is 25.0 Å². The van der Waals surface area contributed by atoms with Gasteiger partial charge in [-0.1, -0.05) is 36.4 Å². The fourth-order valence-corrected chi connectivity index (χ4v) is 3.16. The summed E-state index contributed by atoms with van der Waals surface area (Å²) in [7, 11) is 1.70. The highest BCUT2D eigenvalue weighted by atomic mass is 19.1. The number of halogens is 1. The quantitative estimate of drug-likeness (QED) is 0.922. The van der Waals surface area contributed by atoms with E-state index in [1.807, 2.05) is 18.2 Å². The number of hydrogen-bond acceptors (Lipinski definition) is 2. The van der Waals surface area contributed by atoms with Crippen LogP contribution in [0.4, 0.5) is 14.9 Å². The molecule has 3 rings (SSSR count). The average molecular weight is 341 g/mol. The Bertz CT molecular complexity index is 699. The molecule has 2 aromatic carbocycles. The second kappa shape index (κ2) is 8.01. The molecule has 1 aliphatic heterocycles. The Morgan fingerprint density at radius 1 is 1.12 bits per heavy atom. The van der Waals surface area contributed by atoms with Gasteiger partial charge in [0.1, 0.15) is 5.82 Å². The number of nitrogens with one attached hydrogen (secondary N) is 1. The SMILES string of the molecule is CN(Cc1ccccc1F)C(=O)NC1CCN(c2ccccc2)CC1. The summed E-state index contributed by atoms with van der Waals surface area (Å²) in [5.41, 5.74) is 1.75. The van der Waals surface area contributed by atoms with E-state index in [2.05, 4.69) is 22.3 Å².